The van der Waals surface area contributed by atoms with Crippen LogP contribution >= 0.6 is 0 Å². The van der Waals surface area contributed by atoms with Crippen LogP contribution in [-0.2, 0) is 17.9 Å². The van der Waals surface area contributed by atoms with Crippen molar-refractivity contribution in [2.45, 2.75) is 65.5 Å². The van der Waals surface area contributed by atoms with Gasteiger partial charge in [0.15, 0.2) is 12.8 Å². The van der Waals surface area contributed by atoms with Gasteiger partial charge in [-0.3, -0.25) is 19.8 Å². The van der Waals surface area contributed by atoms with E-state index in [1.165, 1.54) is 37.1 Å². The molecule has 1 fully saturated rings. The van der Waals surface area contributed by atoms with Crippen molar-refractivity contribution in [3.63, 3.8) is 0 Å². The fourth-order valence-electron chi connectivity index (χ4n) is 4.91. The van der Waals surface area contributed by atoms with Crippen LogP contribution in [0, 0.1) is 16.0 Å². The average Bonchev–Trinajstić information content (AvgIpc) is 2.94. The summed E-state index contributed by atoms with van der Waals surface area (Å²) < 4.78 is 0. The number of likely N-dealkylation sites (tertiary alicyclic amines) is 1. The molecule has 0 radical (unpaired) electrons. The number of nitro groups is 1. The van der Waals surface area contributed by atoms with Crippen LogP contribution in [0.5, 0.6) is 0 Å². The van der Waals surface area contributed by atoms with Crippen molar-refractivity contribution in [1.29, 1.82) is 0 Å². The van der Waals surface area contributed by atoms with E-state index >= 15 is 0 Å². The Labute approximate surface area is 241 Å². The number of allylic oxidation sites excluding steroid dienone is 5. The highest BCUT2D eigenvalue weighted by atomic mass is 16.6. The van der Waals surface area contributed by atoms with Crippen molar-refractivity contribution in [3.8, 4) is 0 Å². The predicted molar refractivity (Wildman–Crippen MR) is 166 cm³/mol. The first-order chi connectivity index (χ1) is 19.4. The van der Waals surface area contributed by atoms with Crippen molar-refractivity contribution >= 4 is 5.78 Å². The molecule has 40 heavy (non-hydrogen) atoms. The second-order valence-corrected chi connectivity index (χ2v) is 10.5. The van der Waals surface area contributed by atoms with Crippen LogP contribution in [0.25, 0.3) is 0 Å². The molecule has 6 nitrogen and oxygen atoms in total. The lowest BCUT2D eigenvalue weighted by atomic mass is 9.90. The fourth-order valence-corrected chi connectivity index (χ4v) is 4.91. The SMILES string of the molecule is C[N+](=O)[O-].C\C=C/C(=C\C(C)=C\CCNCc1ccccc1)C(=O)CCCC1CCN(Cc2ccccc2)CC1. The van der Waals surface area contributed by atoms with E-state index < -0.39 is 4.92 Å². The molecule has 0 aromatic heterocycles. The van der Waals surface area contributed by atoms with Gasteiger partial charge in [0.25, 0.3) is 0 Å². The zero-order valence-electron chi connectivity index (χ0n) is 24.6. The van der Waals surface area contributed by atoms with E-state index in [-0.39, 0.29) is 5.78 Å². The molecule has 0 amide bonds. The van der Waals surface area contributed by atoms with Crippen molar-refractivity contribution < 1.29 is 9.72 Å². The summed E-state index contributed by atoms with van der Waals surface area (Å²) >= 11 is 0. The Kier molecular flexibility index (Phi) is 16.2. The number of nitrogens with one attached hydrogen (secondary N) is 1. The summed E-state index contributed by atoms with van der Waals surface area (Å²) in [6.07, 6.45) is 14.5. The Balaban J connectivity index is 0.00000131. The lowest BCUT2D eigenvalue weighted by molar-refractivity contribution is -0.445. The van der Waals surface area contributed by atoms with Crippen molar-refractivity contribution in [1.82, 2.24) is 10.2 Å². The Morgan fingerprint density at radius 1 is 1.05 bits per heavy atom. The molecule has 1 aliphatic heterocycles. The highest BCUT2D eigenvalue weighted by molar-refractivity contribution is 5.98. The van der Waals surface area contributed by atoms with E-state index in [2.05, 4.69) is 83.9 Å². The van der Waals surface area contributed by atoms with Gasteiger partial charge in [-0.05, 0) is 88.7 Å². The van der Waals surface area contributed by atoms with E-state index in [1.807, 2.05) is 25.1 Å². The van der Waals surface area contributed by atoms with Crippen molar-refractivity contribution in [2.75, 3.05) is 26.7 Å². The Hall–Kier alpha value is -3.35. The number of carbonyl (C=O) groups excluding carboxylic acids is 1. The van der Waals surface area contributed by atoms with Crippen LogP contribution in [0.3, 0.4) is 0 Å². The van der Waals surface area contributed by atoms with E-state index in [0.717, 1.165) is 63.0 Å². The highest BCUT2D eigenvalue weighted by Gasteiger charge is 2.19. The number of ketones is 1. The van der Waals surface area contributed by atoms with Crippen molar-refractivity contribution in [3.05, 3.63) is 117 Å². The quantitative estimate of drug-likeness (QED) is 0.0896. The molecule has 0 atom stereocenters. The monoisotopic (exact) mass is 545 g/mol. The summed E-state index contributed by atoms with van der Waals surface area (Å²) in [5.74, 6) is 1.02. The summed E-state index contributed by atoms with van der Waals surface area (Å²) in [6.45, 7) is 9.28. The maximum absolute atomic E-state index is 12.9. The third-order valence-electron chi connectivity index (χ3n) is 6.98. The molecule has 0 spiro atoms. The van der Waals surface area contributed by atoms with Gasteiger partial charge in [-0.1, -0.05) is 84.5 Å². The summed E-state index contributed by atoms with van der Waals surface area (Å²) in [4.78, 5) is 23.8. The molecule has 216 valence electrons. The molecule has 1 aliphatic rings. The summed E-state index contributed by atoms with van der Waals surface area (Å²) in [6, 6.07) is 21.2. The Morgan fingerprint density at radius 2 is 1.65 bits per heavy atom. The number of benzene rings is 2. The number of rotatable bonds is 14. The molecular formula is C34H47N3O3. The first-order valence-electron chi connectivity index (χ1n) is 14.5. The molecule has 3 rings (SSSR count). The maximum Gasteiger partial charge on any atom is 0.194 e. The van der Waals surface area contributed by atoms with E-state index in [1.54, 1.807) is 0 Å². The zero-order valence-corrected chi connectivity index (χ0v) is 24.6. The number of nitrogens with zero attached hydrogens (tertiary/aromatic N) is 2. The molecule has 1 saturated heterocycles. The average molecular weight is 546 g/mol. The normalized spacial score (nSPS) is 15.1. The standard InChI is InChI=1S/C33H44N2O.CH3NO2/c1-3-12-32(25-28(2)13-11-22-34-26-30-14-6-4-7-15-30)33(36)19-10-18-29-20-23-35(24-21-29)27-31-16-8-5-9-17-31;1-2(3)4/h3-9,12-17,25,29,34H,10-11,18-24,26-27H2,1-2H3;1H3/b12-3-,28-13+,32-25+;. The van der Waals surface area contributed by atoms with E-state index in [0.29, 0.717) is 6.42 Å². The first-order valence-corrected chi connectivity index (χ1v) is 14.5. The Morgan fingerprint density at radius 3 is 2.25 bits per heavy atom. The van der Waals surface area contributed by atoms with Gasteiger partial charge < -0.3 is 5.32 Å². The van der Waals surface area contributed by atoms with E-state index in [4.69, 9.17) is 10.1 Å². The number of piperidine rings is 1. The third kappa shape index (κ3) is 14.7. The first kappa shape index (κ1) is 32.9. The third-order valence-corrected chi connectivity index (χ3v) is 6.98. The number of carbonyl (C=O) groups is 1. The van der Waals surface area contributed by atoms with Crippen LogP contribution in [-0.4, -0.2) is 42.3 Å². The smallest absolute Gasteiger partial charge is 0.194 e. The Bertz CT molecular complexity index is 1080. The van der Waals surface area contributed by atoms with Crippen LogP contribution < -0.4 is 5.32 Å². The van der Waals surface area contributed by atoms with Gasteiger partial charge in [-0.15, -0.1) is 0 Å². The largest absolute Gasteiger partial charge is 0.312 e. The lowest BCUT2D eigenvalue weighted by Gasteiger charge is -2.32. The molecular weight excluding hydrogens is 498 g/mol. The van der Waals surface area contributed by atoms with Gasteiger partial charge >= 0.3 is 0 Å². The van der Waals surface area contributed by atoms with Gasteiger partial charge in [-0.2, -0.15) is 0 Å². The number of hydrogen-bond donors (Lipinski definition) is 1. The molecule has 6 heteroatoms. The minimum atomic E-state index is -0.500. The zero-order chi connectivity index (χ0) is 29.0. The second kappa shape index (κ2) is 19.7. The molecule has 1 N–H and O–H groups in total. The molecule has 2 aromatic rings. The summed E-state index contributed by atoms with van der Waals surface area (Å²) in [5, 5.41) is 12.3. The van der Waals surface area contributed by atoms with Crippen molar-refractivity contribution in [2.24, 2.45) is 5.92 Å². The van der Waals surface area contributed by atoms with Gasteiger partial charge in [-0.25, -0.2) is 0 Å². The molecule has 0 saturated carbocycles. The summed E-state index contributed by atoms with van der Waals surface area (Å²) in [5.41, 5.74) is 4.69. The van der Waals surface area contributed by atoms with E-state index in [9.17, 15) is 4.79 Å². The number of Topliss-reactive ketones (excluding diaryl/α,β-unsaturated/α-hetero) is 1. The molecule has 0 aliphatic carbocycles. The van der Waals surface area contributed by atoms with Crippen LogP contribution in [0.2, 0.25) is 0 Å². The van der Waals surface area contributed by atoms with Crippen LogP contribution in [0.4, 0.5) is 0 Å². The molecule has 0 bridgehead atoms. The highest BCUT2D eigenvalue weighted by Crippen LogP contribution is 2.24. The molecule has 2 aromatic carbocycles. The van der Waals surface area contributed by atoms with Gasteiger partial charge in [0.05, 0.1) is 0 Å². The van der Waals surface area contributed by atoms with Crippen LogP contribution in [0.15, 0.2) is 96.1 Å². The minimum Gasteiger partial charge on any atom is -0.312 e. The van der Waals surface area contributed by atoms with Gasteiger partial charge in [0.2, 0.25) is 0 Å². The van der Waals surface area contributed by atoms with Gasteiger partial charge in [0.1, 0.15) is 0 Å². The molecule has 0 unspecified atom stereocenters. The predicted octanol–water partition coefficient (Wildman–Crippen LogP) is 7.16. The summed E-state index contributed by atoms with van der Waals surface area (Å²) in [7, 11) is 0.889. The molecule has 1 heterocycles. The van der Waals surface area contributed by atoms with Gasteiger partial charge in [0, 0.05) is 30.0 Å². The maximum atomic E-state index is 12.9. The fraction of sp³-hybridized carbons (Fsp3) is 0.441. The number of hydrogen-bond acceptors (Lipinski definition) is 5. The minimum absolute atomic E-state index is 0.268. The topological polar surface area (TPSA) is 75.5 Å². The lowest BCUT2D eigenvalue weighted by Crippen LogP contribution is -2.33. The second-order valence-electron chi connectivity index (χ2n) is 10.5. The van der Waals surface area contributed by atoms with Crippen LogP contribution in [0.1, 0.15) is 63.5 Å².